The van der Waals surface area contributed by atoms with Crippen LogP contribution in [0.2, 0.25) is 0 Å². The molecule has 3 rings (SSSR count). The lowest BCUT2D eigenvalue weighted by molar-refractivity contribution is 0.395. The van der Waals surface area contributed by atoms with Crippen LogP contribution in [-0.4, -0.2) is 23.6 Å². The number of pyridine rings is 1. The van der Waals surface area contributed by atoms with Crippen LogP contribution in [-0.2, 0) is 0 Å². The number of benzene rings is 1. The Morgan fingerprint density at radius 2 is 1.90 bits per heavy atom. The lowest BCUT2D eigenvalue weighted by Gasteiger charge is -2.09. The van der Waals surface area contributed by atoms with E-state index in [1.807, 2.05) is 47.9 Å². The number of hydrogen-bond donors (Lipinski definition) is 1. The summed E-state index contributed by atoms with van der Waals surface area (Å²) in [7, 11) is 3.24. The minimum atomic E-state index is 0.591. The highest BCUT2D eigenvalue weighted by Gasteiger charge is 2.16. The summed E-state index contributed by atoms with van der Waals surface area (Å²) >= 11 is 0. The maximum absolute atomic E-state index is 6.23. The molecule has 0 bridgehead atoms. The summed E-state index contributed by atoms with van der Waals surface area (Å²) in [6.45, 7) is 2.03. The molecule has 5 heteroatoms. The minimum Gasteiger partial charge on any atom is -0.497 e. The number of rotatable bonds is 3. The quantitative estimate of drug-likeness (QED) is 0.803. The summed E-state index contributed by atoms with van der Waals surface area (Å²) in [6, 6.07) is 9.59. The van der Waals surface area contributed by atoms with Crippen LogP contribution >= 0.6 is 0 Å². The smallest absolute Gasteiger partial charge is 0.139 e. The number of nitrogens with two attached hydrogens (primary N) is 1. The average Bonchev–Trinajstić information content (AvgIpc) is 2.82. The van der Waals surface area contributed by atoms with Gasteiger partial charge in [0, 0.05) is 17.8 Å². The number of hydrogen-bond acceptors (Lipinski definition) is 4. The van der Waals surface area contributed by atoms with Crippen LogP contribution in [0.4, 0.5) is 5.82 Å². The van der Waals surface area contributed by atoms with Crippen molar-refractivity contribution in [1.29, 1.82) is 0 Å². The minimum absolute atomic E-state index is 0.591. The summed E-state index contributed by atoms with van der Waals surface area (Å²) in [5.41, 5.74) is 9.74. The van der Waals surface area contributed by atoms with Gasteiger partial charge >= 0.3 is 0 Å². The molecule has 0 spiro atoms. The number of anilines is 1. The molecule has 2 aromatic heterocycles. The SMILES string of the molecule is COc1ccc(-c2nc3cc(C)ccn3c2N)c(OC)c1. The normalized spacial score (nSPS) is 10.8. The molecule has 5 nitrogen and oxygen atoms in total. The molecule has 21 heavy (non-hydrogen) atoms. The topological polar surface area (TPSA) is 61.8 Å². The van der Waals surface area contributed by atoms with Crippen molar-refractivity contribution < 1.29 is 9.47 Å². The first kappa shape index (κ1) is 13.3. The highest BCUT2D eigenvalue weighted by Crippen LogP contribution is 2.36. The third-order valence-electron chi connectivity index (χ3n) is 3.48. The highest BCUT2D eigenvalue weighted by atomic mass is 16.5. The van der Waals surface area contributed by atoms with Gasteiger partial charge in [-0.3, -0.25) is 4.40 Å². The predicted molar refractivity (Wildman–Crippen MR) is 82.9 cm³/mol. The molecule has 0 aliphatic heterocycles. The van der Waals surface area contributed by atoms with Gasteiger partial charge < -0.3 is 15.2 Å². The molecule has 3 aromatic rings. The van der Waals surface area contributed by atoms with Gasteiger partial charge in [0.25, 0.3) is 0 Å². The van der Waals surface area contributed by atoms with Gasteiger partial charge in [0.1, 0.15) is 28.7 Å². The molecule has 108 valence electrons. The number of fused-ring (bicyclic) bond motifs is 1. The molecule has 0 saturated carbocycles. The Bertz CT molecular complexity index is 809. The lowest BCUT2D eigenvalue weighted by Crippen LogP contribution is -1.96. The van der Waals surface area contributed by atoms with Crippen LogP contribution in [0.1, 0.15) is 5.56 Å². The van der Waals surface area contributed by atoms with Crippen molar-refractivity contribution in [2.24, 2.45) is 0 Å². The number of aromatic nitrogens is 2. The van der Waals surface area contributed by atoms with E-state index in [1.165, 1.54) is 0 Å². The van der Waals surface area contributed by atoms with E-state index >= 15 is 0 Å². The molecule has 0 aliphatic carbocycles. The molecule has 0 fully saturated rings. The summed E-state index contributed by atoms with van der Waals surface area (Å²) in [5.74, 6) is 2.00. The van der Waals surface area contributed by atoms with E-state index in [9.17, 15) is 0 Å². The number of ether oxygens (including phenoxy) is 2. The van der Waals surface area contributed by atoms with E-state index < -0.39 is 0 Å². The zero-order valence-electron chi connectivity index (χ0n) is 12.3. The Morgan fingerprint density at radius 1 is 1.10 bits per heavy atom. The number of imidazole rings is 1. The van der Waals surface area contributed by atoms with E-state index in [0.29, 0.717) is 17.3 Å². The summed E-state index contributed by atoms with van der Waals surface area (Å²) in [5, 5.41) is 0. The predicted octanol–water partition coefficient (Wildman–Crippen LogP) is 2.91. The number of nitrogen functional groups attached to an aromatic ring is 1. The molecule has 0 atom stereocenters. The highest BCUT2D eigenvalue weighted by molar-refractivity contribution is 5.79. The standard InChI is InChI=1S/C16H17N3O2/c1-10-6-7-19-14(8-10)18-15(16(19)17)12-5-4-11(20-2)9-13(12)21-3/h4-9H,17H2,1-3H3. The van der Waals surface area contributed by atoms with E-state index in [2.05, 4.69) is 4.98 Å². The summed E-state index contributed by atoms with van der Waals surface area (Å²) in [6.07, 6.45) is 1.92. The van der Waals surface area contributed by atoms with Crippen molar-refractivity contribution >= 4 is 11.5 Å². The van der Waals surface area contributed by atoms with Crippen LogP contribution in [0.3, 0.4) is 0 Å². The Kier molecular flexibility index (Phi) is 3.17. The molecule has 0 unspecified atom stereocenters. The van der Waals surface area contributed by atoms with E-state index in [1.54, 1.807) is 14.2 Å². The van der Waals surface area contributed by atoms with Gasteiger partial charge in [-0.25, -0.2) is 4.98 Å². The lowest BCUT2D eigenvalue weighted by atomic mass is 10.1. The fourth-order valence-electron chi connectivity index (χ4n) is 2.36. The molecular weight excluding hydrogens is 266 g/mol. The maximum Gasteiger partial charge on any atom is 0.139 e. The number of methoxy groups -OCH3 is 2. The van der Waals surface area contributed by atoms with Gasteiger partial charge in [-0.2, -0.15) is 0 Å². The third-order valence-corrected chi connectivity index (χ3v) is 3.48. The van der Waals surface area contributed by atoms with Gasteiger partial charge in [0.05, 0.1) is 14.2 Å². The molecule has 0 amide bonds. The summed E-state index contributed by atoms with van der Waals surface area (Å²) in [4.78, 5) is 4.62. The van der Waals surface area contributed by atoms with Crippen LogP contribution in [0.15, 0.2) is 36.5 Å². The molecule has 0 radical (unpaired) electrons. The molecule has 0 saturated heterocycles. The maximum atomic E-state index is 6.23. The Hall–Kier alpha value is -2.69. The first-order valence-electron chi connectivity index (χ1n) is 6.60. The van der Waals surface area contributed by atoms with Gasteiger partial charge in [-0.15, -0.1) is 0 Å². The molecule has 0 aliphatic rings. The zero-order chi connectivity index (χ0) is 15.0. The average molecular weight is 283 g/mol. The van der Waals surface area contributed by atoms with E-state index in [-0.39, 0.29) is 0 Å². The molecule has 2 N–H and O–H groups in total. The second kappa shape index (κ2) is 5.01. The second-order valence-electron chi connectivity index (χ2n) is 4.84. The van der Waals surface area contributed by atoms with Crippen molar-refractivity contribution in [2.45, 2.75) is 6.92 Å². The molecular formula is C16H17N3O2. The summed E-state index contributed by atoms with van der Waals surface area (Å²) < 4.78 is 12.5. The molecule has 2 heterocycles. The van der Waals surface area contributed by atoms with Crippen LogP contribution in [0.25, 0.3) is 16.9 Å². The van der Waals surface area contributed by atoms with Gasteiger partial charge in [-0.05, 0) is 36.8 Å². The number of nitrogens with zero attached hydrogens (tertiary/aromatic N) is 2. The fraction of sp³-hybridized carbons (Fsp3) is 0.188. The van der Waals surface area contributed by atoms with Gasteiger partial charge in [0.15, 0.2) is 0 Å². The Labute approximate surface area is 122 Å². The zero-order valence-corrected chi connectivity index (χ0v) is 12.3. The van der Waals surface area contributed by atoms with Crippen LogP contribution in [0, 0.1) is 6.92 Å². The Morgan fingerprint density at radius 3 is 2.62 bits per heavy atom. The van der Waals surface area contributed by atoms with Gasteiger partial charge in [0.2, 0.25) is 0 Å². The van der Waals surface area contributed by atoms with E-state index in [4.69, 9.17) is 15.2 Å². The van der Waals surface area contributed by atoms with Crippen LogP contribution in [0.5, 0.6) is 11.5 Å². The fourth-order valence-corrected chi connectivity index (χ4v) is 2.36. The third kappa shape index (κ3) is 2.16. The van der Waals surface area contributed by atoms with E-state index in [0.717, 1.165) is 22.5 Å². The van der Waals surface area contributed by atoms with Crippen molar-refractivity contribution in [3.05, 3.63) is 42.1 Å². The first-order valence-corrected chi connectivity index (χ1v) is 6.60. The van der Waals surface area contributed by atoms with Crippen molar-refractivity contribution in [2.75, 3.05) is 20.0 Å². The largest absolute Gasteiger partial charge is 0.497 e. The van der Waals surface area contributed by atoms with Gasteiger partial charge in [-0.1, -0.05) is 0 Å². The Balaban J connectivity index is 2.22. The van der Waals surface area contributed by atoms with Crippen LogP contribution < -0.4 is 15.2 Å². The van der Waals surface area contributed by atoms with Crippen molar-refractivity contribution in [3.8, 4) is 22.8 Å². The monoisotopic (exact) mass is 283 g/mol. The first-order chi connectivity index (χ1) is 10.1. The molecule has 1 aromatic carbocycles. The number of aryl methyl sites for hydroxylation is 1. The van der Waals surface area contributed by atoms with Crippen molar-refractivity contribution in [3.63, 3.8) is 0 Å². The second-order valence-corrected chi connectivity index (χ2v) is 4.84. The van der Waals surface area contributed by atoms with Crippen molar-refractivity contribution in [1.82, 2.24) is 9.38 Å².